The molecule has 0 N–H and O–H groups in total. The predicted molar refractivity (Wildman–Crippen MR) is 69.6 cm³/mol. The molecule has 0 aliphatic carbocycles. The molecule has 1 aromatic rings. The third kappa shape index (κ3) is 1.45. The third-order valence-electron chi connectivity index (χ3n) is 3.81. The molecule has 3 heterocycles. The zero-order chi connectivity index (χ0) is 13.7. The molecule has 0 amide bonds. The maximum absolute atomic E-state index is 12.4. The number of esters is 1. The number of nitrogens with zero attached hydrogens (tertiary/aromatic N) is 2. The van der Waals surface area contributed by atoms with E-state index < -0.39 is 23.0 Å². The Balaban J connectivity index is 2.27. The van der Waals surface area contributed by atoms with Crippen LogP contribution in [-0.2, 0) is 15.1 Å². The first-order chi connectivity index (χ1) is 9.03. The van der Waals surface area contributed by atoms with Gasteiger partial charge in [-0.25, -0.2) is 9.79 Å². The van der Waals surface area contributed by atoms with E-state index in [9.17, 15) is 10.1 Å². The number of ether oxygens (including phenoxy) is 1. The fourth-order valence-corrected chi connectivity index (χ4v) is 2.99. The van der Waals surface area contributed by atoms with Gasteiger partial charge in [0.1, 0.15) is 5.17 Å². The van der Waals surface area contributed by atoms with Gasteiger partial charge in [0.2, 0.25) is 0 Å². The summed E-state index contributed by atoms with van der Waals surface area (Å²) in [6.45, 7) is 1.69. The Kier molecular flexibility index (Phi) is 2.45. The van der Waals surface area contributed by atoms with Gasteiger partial charge in [0.25, 0.3) is 0 Å². The van der Waals surface area contributed by atoms with Crippen LogP contribution in [0.1, 0.15) is 18.9 Å². The maximum atomic E-state index is 12.4. The molecule has 0 unspecified atom stereocenters. The minimum absolute atomic E-state index is 0.252. The summed E-state index contributed by atoms with van der Waals surface area (Å²) in [7, 11) is 0. The Bertz CT molecular complexity index is 622. The molecular weight excluding hydrogens is 264 g/mol. The Labute approximate surface area is 115 Å². The maximum Gasteiger partial charge on any atom is 0.341 e. The topological polar surface area (TPSA) is 62.5 Å². The molecule has 5 heteroatoms. The van der Waals surface area contributed by atoms with Crippen LogP contribution < -0.4 is 0 Å². The van der Waals surface area contributed by atoms with Crippen molar-refractivity contribution in [1.29, 1.82) is 5.26 Å². The zero-order valence-corrected chi connectivity index (χ0v) is 11.0. The second kappa shape index (κ2) is 3.82. The van der Waals surface area contributed by atoms with Gasteiger partial charge in [-0.1, -0.05) is 41.9 Å². The molecule has 0 radical (unpaired) electrons. The van der Waals surface area contributed by atoms with Gasteiger partial charge < -0.3 is 4.74 Å². The predicted octanol–water partition coefficient (Wildman–Crippen LogP) is 2.38. The van der Waals surface area contributed by atoms with Crippen molar-refractivity contribution in [3.63, 3.8) is 0 Å². The number of hydrogen-bond acceptors (Lipinski definition) is 4. The lowest BCUT2D eigenvalue weighted by Crippen LogP contribution is -2.61. The standard InChI is InChI=1S/C14H11ClN2O2/c1-13-7-10(8-16)14(12(18)19-13,17-11(13)15)9-5-3-2-4-6-9/h2-6,10H,7H2,1H3/t10-,13+,14+/m1/s1. The summed E-state index contributed by atoms with van der Waals surface area (Å²) in [5, 5.41) is 9.64. The smallest absolute Gasteiger partial charge is 0.341 e. The van der Waals surface area contributed by atoms with E-state index in [2.05, 4.69) is 11.1 Å². The molecule has 3 aliphatic rings. The number of aliphatic imine (C=N–C) groups is 1. The summed E-state index contributed by atoms with van der Waals surface area (Å²) in [5.74, 6) is -1.06. The van der Waals surface area contributed by atoms with Crippen LogP contribution in [0.4, 0.5) is 0 Å². The Morgan fingerprint density at radius 2 is 2.16 bits per heavy atom. The van der Waals surface area contributed by atoms with Crippen molar-refractivity contribution in [2.24, 2.45) is 10.9 Å². The van der Waals surface area contributed by atoms with Crippen LogP contribution in [0.25, 0.3) is 0 Å². The summed E-state index contributed by atoms with van der Waals surface area (Å²) >= 11 is 6.14. The quantitative estimate of drug-likeness (QED) is 0.739. The number of carbonyl (C=O) groups excluding carboxylic acids is 1. The fraction of sp³-hybridized carbons (Fsp3) is 0.357. The summed E-state index contributed by atoms with van der Waals surface area (Å²) in [6, 6.07) is 11.2. The molecule has 19 heavy (non-hydrogen) atoms. The number of benzene rings is 1. The van der Waals surface area contributed by atoms with Crippen molar-refractivity contribution in [3.05, 3.63) is 35.9 Å². The first-order valence-electron chi connectivity index (χ1n) is 5.97. The first kappa shape index (κ1) is 12.2. The van der Waals surface area contributed by atoms with Gasteiger partial charge in [0.05, 0.1) is 12.0 Å². The van der Waals surface area contributed by atoms with Crippen LogP contribution in [0.15, 0.2) is 35.3 Å². The Morgan fingerprint density at radius 3 is 2.79 bits per heavy atom. The van der Waals surface area contributed by atoms with Gasteiger partial charge in [-0.3, -0.25) is 0 Å². The molecule has 0 spiro atoms. The molecule has 4 rings (SSSR count). The molecule has 1 saturated heterocycles. The first-order valence-corrected chi connectivity index (χ1v) is 6.35. The van der Waals surface area contributed by atoms with Crippen molar-refractivity contribution in [2.75, 3.05) is 0 Å². The molecule has 1 aromatic carbocycles. The van der Waals surface area contributed by atoms with Crippen molar-refractivity contribution in [2.45, 2.75) is 24.5 Å². The van der Waals surface area contributed by atoms with E-state index in [1.165, 1.54) is 0 Å². The monoisotopic (exact) mass is 274 g/mol. The minimum Gasteiger partial charge on any atom is -0.450 e. The van der Waals surface area contributed by atoms with Crippen LogP contribution in [-0.4, -0.2) is 16.7 Å². The highest BCUT2D eigenvalue weighted by molar-refractivity contribution is 6.67. The largest absolute Gasteiger partial charge is 0.450 e. The molecule has 0 saturated carbocycles. The minimum atomic E-state index is -1.31. The molecule has 2 bridgehead atoms. The van der Waals surface area contributed by atoms with Gasteiger partial charge in [0.15, 0.2) is 11.1 Å². The van der Waals surface area contributed by atoms with Gasteiger partial charge in [-0.2, -0.15) is 5.26 Å². The van der Waals surface area contributed by atoms with E-state index in [1.807, 2.05) is 6.07 Å². The van der Waals surface area contributed by atoms with E-state index in [-0.39, 0.29) is 5.17 Å². The number of hydrogen-bond donors (Lipinski definition) is 0. The molecular formula is C14H11ClN2O2. The van der Waals surface area contributed by atoms with Crippen molar-refractivity contribution in [1.82, 2.24) is 0 Å². The lowest BCUT2D eigenvalue weighted by molar-refractivity contribution is -0.173. The molecule has 0 aromatic heterocycles. The van der Waals surface area contributed by atoms with E-state index in [0.717, 1.165) is 0 Å². The Morgan fingerprint density at radius 1 is 1.47 bits per heavy atom. The second-order valence-electron chi connectivity index (χ2n) is 5.04. The van der Waals surface area contributed by atoms with Gasteiger partial charge in [-0.15, -0.1) is 0 Å². The third-order valence-corrected chi connectivity index (χ3v) is 4.29. The molecule has 3 atom stereocenters. The SMILES string of the molecule is C[C@]12C[C@H](C#N)[C@](c3ccccc3)(N=C1Cl)C(=O)O2. The molecule has 3 aliphatic heterocycles. The highest BCUT2D eigenvalue weighted by atomic mass is 35.5. The Hall–Kier alpha value is -1.86. The number of fused-ring (bicyclic) bond motifs is 2. The van der Waals surface area contributed by atoms with E-state index in [0.29, 0.717) is 12.0 Å². The van der Waals surface area contributed by atoms with Gasteiger partial charge >= 0.3 is 5.97 Å². The zero-order valence-electron chi connectivity index (χ0n) is 10.3. The lowest BCUT2D eigenvalue weighted by Gasteiger charge is -2.48. The van der Waals surface area contributed by atoms with Crippen LogP contribution in [0.3, 0.4) is 0 Å². The summed E-state index contributed by atoms with van der Waals surface area (Å²) in [4.78, 5) is 16.7. The van der Waals surface area contributed by atoms with Crippen LogP contribution in [0, 0.1) is 17.2 Å². The fourth-order valence-electron chi connectivity index (χ4n) is 2.74. The molecule has 4 nitrogen and oxygen atoms in total. The number of nitriles is 1. The van der Waals surface area contributed by atoms with Crippen molar-refractivity contribution in [3.8, 4) is 6.07 Å². The number of halogens is 1. The van der Waals surface area contributed by atoms with Gasteiger partial charge in [0, 0.05) is 6.42 Å². The highest BCUT2D eigenvalue weighted by Gasteiger charge is 2.63. The summed E-state index contributed by atoms with van der Waals surface area (Å²) in [5.41, 5.74) is -1.63. The van der Waals surface area contributed by atoms with Crippen LogP contribution in [0.2, 0.25) is 0 Å². The second-order valence-corrected chi connectivity index (χ2v) is 5.40. The van der Waals surface area contributed by atoms with Crippen LogP contribution >= 0.6 is 11.6 Å². The normalized spacial score (nSPS) is 36.4. The average Bonchev–Trinajstić information content (AvgIpc) is 2.41. The number of carbonyl (C=O) groups is 1. The average molecular weight is 275 g/mol. The van der Waals surface area contributed by atoms with Crippen molar-refractivity contribution >= 4 is 22.7 Å². The van der Waals surface area contributed by atoms with Crippen LogP contribution in [0.5, 0.6) is 0 Å². The molecule has 96 valence electrons. The van der Waals surface area contributed by atoms with Gasteiger partial charge in [-0.05, 0) is 12.5 Å². The summed E-state index contributed by atoms with van der Waals surface area (Å²) in [6.07, 6.45) is 0.368. The number of rotatable bonds is 1. The van der Waals surface area contributed by atoms with E-state index in [4.69, 9.17) is 16.3 Å². The van der Waals surface area contributed by atoms with E-state index in [1.54, 1.807) is 31.2 Å². The van der Waals surface area contributed by atoms with E-state index >= 15 is 0 Å². The van der Waals surface area contributed by atoms with Crippen molar-refractivity contribution < 1.29 is 9.53 Å². The summed E-state index contributed by atoms with van der Waals surface area (Å²) < 4.78 is 5.42. The molecule has 1 fully saturated rings. The highest BCUT2D eigenvalue weighted by Crippen LogP contribution is 2.50. The lowest BCUT2D eigenvalue weighted by atomic mass is 9.69.